The van der Waals surface area contributed by atoms with Gasteiger partial charge in [0, 0.05) is 11.0 Å². The number of sulfonamides is 1. The lowest BCUT2D eigenvalue weighted by molar-refractivity contribution is 0.0696. The minimum Gasteiger partial charge on any atom is -0.478 e. The van der Waals surface area contributed by atoms with E-state index >= 15 is 0 Å². The summed E-state index contributed by atoms with van der Waals surface area (Å²) in [7, 11) is -3.65. The number of carboxylic acid groups (broad SMARTS) is 1. The van der Waals surface area contributed by atoms with Gasteiger partial charge in [-0.25, -0.2) is 17.9 Å². The third kappa shape index (κ3) is 4.76. The van der Waals surface area contributed by atoms with Crippen LogP contribution < -0.4 is 4.72 Å². The first-order valence-electron chi connectivity index (χ1n) is 5.79. The number of nitrogens with one attached hydrogen (secondary N) is 1. The molecule has 0 aliphatic carbocycles. The topological polar surface area (TPSA) is 83.5 Å². The van der Waals surface area contributed by atoms with E-state index in [1.807, 2.05) is 13.2 Å². The van der Waals surface area contributed by atoms with E-state index in [2.05, 4.69) is 20.7 Å². The summed E-state index contributed by atoms with van der Waals surface area (Å²) >= 11 is 4.76. The monoisotopic (exact) mass is 381 g/mol. The van der Waals surface area contributed by atoms with Crippen molar-refractivity contribution in [3.05, 3.63) is 28.2 Å². The summed E-state index contributed by atoms with van der Waals surface area (Å²) in [4.78, 5) is 10.9. The number of carbonyl (C=O) groups is 1. The molecule has 0 aliphatic rings. The molecule has 1 unspecified atom stereocenters. The average Bonchev–Trinajstić information content (AvgIpc) is 2.36. The van der Waals surface area contributed by atoms with Gasteiger partial charge in [0.05, 0.1) is 10.5 Å². The van der Waals surface area contributed by atoms with Crippen LogP contribution in [-0.2, 0) is 10.0 Å². The van der Waals surface area contributed by atoms with Gasteiger partial charge in [0.1, 0.15) is 0 Å². The molecule has 0 amide bonds. The maximum Gasteiger partial charge on any atom is 0.335 e. The van der Waals surface area contributed by atoms with E-state index < -0.39 is 16.0 Å². The third-order valence-electron chi connectivity index (χ3n) is 2.54. The van der Waals surface area contributed by atoms with Gasteiger partial charge < -0.3 is 5.11 Å². The molecule has 1 aromatic carbocycles. The summed E-state index contributed by atoms with van der Waals surface area (Å²) in [6.45, 7) is 2.30. The Morgan fingerprint density at radius 1 is 1.50 bits per heavy atom. The van der Waals surface area contributed by atoms with Gasteiger partial charge >= 0.3 is 5.97 Å². The van der Waals surface area contributed by atoms with Crippen molar-refractivity contribution in [2.75, 3.05) is 18.6 Å². The molecular weight excluding hydrogens is 366 g/mol. The van der Waals surface area contributed by atoms with Crippen LogP contribution in [0.5, 0.6) is 0 Å². The summed E-state index contributed by atoms with van der Waals surface area (Å²) in [5.41, 5.74) is 0.0339. The quantitative estimate of drug-likeness (QED) is 0.757. The maximum atomic E-state index is 12.1. The van der Waals surface area contributed by atoms with Gasteiger partial charge in [0.25, 0.3) is 0 Å². The molecule has 0 radical (unpaired) electrons. The van der Waals surface area contributed by atoms with Crippen LogP contribution in [0.15, 0.2) is 27.6 Å². The zero-order chi connectivity index (χ0) is 15.3. The first kappa shape index (κ1) is 17.5. The van der Waals surface area contributed by atoms with E-state index in [0.29, 0.717) is 6.54 Å². The lowest BCUT2D eigenvalue weighted by atomic mass is 10.2. The van der Waals surface area contributed by atoms with E-state index in [1.54, 1.807) is 11.8 Å². The van der Waals surface area contributed by atoms with Gasteiger partial charge in [-0.05, 0) is 52.1 Å². The summed E-state index contributed by atoms with van der Waals surface area (Å²) in [5.74, 6) is -0.0187. The number of rotatable bonds is 7. The van der Waals surface area contributed by atoms with E-state index in [1.165, 1.54) is 18.2 Å². The number of thioether (sulfide) groups is 1. The lowest BCUT2D eigenvalue weighted by Gasteiger charge is -2.13. The number of hydrogen-bond donors (Lipinski definition) is 2. The van der Waals surface area contributed by atoms with Gasteiger partial charge in [-0.3, -0.25) is 0 Å². The molecule has 0 fully saturated rings. The minimum absolute atomic E-state index is 0.0339. The molecule has 0 aromatic heterocycles. The summed E-state index contributed by atoms with van der Waals surface area (Å²) in [6, 6.07) is 3.84. The molecule has 5 nitrogen and oxygen atoms in total. The molecule has 0 saturated heterocycles. The highest BCUT2D eigenvalue weighted by atomic mass is 79.9. The number of hydrogen-bond acceptors (Lipinski definition) is 4. The van der Waals surface area contributed by atoms with Gasteiger partial charge in [-0.1, -0.05) is 6.92 Å². The van der Waals surface area contributed by atoms with Crippen LogP contribution in [0, 0.1) is 5.92 Å². The molecular formula is C12H16BrNO4S2. The van der Waals surface area contributed by atoms with Crippen molar-refractivity contribution in [3.63, 3.8) is 0 Å². The lowest BCUT2D eigenvalue weighted by Crippen LogP contribution is -2.29. The van der Waals surface area contributed by atoms with Gasteiger partial charge in [-0.2, -0.15) is 11.8 Å². The van der Waals surface area contributed by atoms with Gasteiger partial charge in [0.15, 0.2) is 0 Å². The van der Waals surface area contributed by atoms with Gasteiger partial charge in [0.2, 0.25) is 10.0 Å². The average molecular weight is 382 g/mol. The van der Waals surface area contributed by atoms with Crippen LogP contribution in [0.25, 0.3) is 0 Å². The molecule has 0 bridgehead atoms. The number of halogens is 1. The Labute approximate surface area is 131 Å². The molecule has 0 spiro atoms. The summed E-state index contributed by atoms with van der Waals surface area (Å²) in [6.07, 6.45) is 1.96. The number of aromatic carboxylic acids is 1. The van der Waals surface area contributed by atoms with Crippen LogP contribution in [0.2, 0.25) is 0 Å². The second-order valence-electron chi connectivity index (χ2n) is 4.36. The Morgan fingerprint density at radius 3 is 2.65 bits per heavy atom. The molecule has 1 rings (SSSR count). The normalized spacial score (nSPS) is 13.2. The van der Waals surface area contributed by atoms with Crippen LogP contribution in [0.3, 0.4) is 0 Å². The third-order valence-corrected chi connectivity index (χ3v) is 5.84. The number of carboxylic acids is 1. The Kier molecular flexibility index (Phi) is 6.50. The van der Waals surface area contributed by atoms with Crippen LogP contribution in [0.4, 0.5) is 0 Å². The zero-order valence-electron chi connectivity index (χ0n) is 11.1. The fourth-order valence-corrected chi connectivity index (χ4v) is 4.45. The zero-order valence-corrected chi connectivity index (χ0v) is 14.3. The SMILES string of the molecule is CSCC(C)CNS(=O)(=O)c1ccc(C(=O)O)cc1Br. The Balaban J connectivity index is 2.90. The van der Waals surface area contributed by atoms with Crippen molar-refractivity contribution < 1.29 is 18.3 Å². The van der Waals surface area contributed by atoms with Crippen LogP contribution in [-0.4, -0.2) is 38.0 Å². The second kappa shape index (κ2) is 7.44. The number of benzene rings is 1. The molecule has 0 saturated carbocycles. The highest BCUT2D eigenvalue weighted by Crippen LogP contribution is 2.23. The van der Waals surface area contributed by atoms with E-state index in [9.17, 15) is 13.2 Å². The van der Waals surface area contributed by atoms with E-state index in [4.69, 9.17) is 5.11 Å². The molecule has 8 heteroatoms. The highest BCUT2D eigenvalue weighted by Gasteiger charge is 2.19. The molecule has 0 heterocycles. The first-order valence-corrected chi connectivity index (χ1v) is 9.46. The van der Waals surface area contributed by atoms with Crippen LogP contribution >= 0.6 is 27.7 Å². The molecule has 112 valence electrons. The first-order chi connectivity index (χ1) is 9.27. The molecule has 1 atom stereocenters. The summed E-state index contributed by atoms with van der Waals surface area (Å²) < 4.78 is 27.1. The Morgan fingerprint density at radius 2 is 2.15 bits per heavy atom. The Bertz CT molecular complexity index is 589. The smallest absolute Gasteiger partial charge is 0.335 e. The van der Waals surface area contributed by atoms with Crippen molar-refractivity contribution in [2.24, 2.45) is 5.92 Å². The Hall–Kier alpha value is -0.570. The largest absolute Gasteiger partial charge is 0.478 e. The molecule has 20 heavy (non-hydrogen) atoms. The minimum atomic E-state index is -3.65. The second-order valence-corrected chi connectivity index (χ2v) is 7.86. The maximum absolute atomic E-state index is 12.1. The predicted molar refractivity (Wildman–Crippen MR) is 83.8 cm³/mol. The van der Waals surface area contributed by atoms with Crippen molar-refractivity contribution >= 4 is 43.7 Å². The fraction of sp³-hybridized carbons (Fsp3) is 0.417. The van der Waals surface area contributed by atoms with Crippen molar-refractivity contribution in [1.82, 2.24) is 4.72 Å². The van der Waals surface area contributed by atoms with Crippen LogP contribution in [0.1, 0.15) is 17.3 Å². The highest BCUT2D eigenvalue weighted by molar-refractivity contribution is 9.10. The summed E-state index contributed by atoms with van der Waals surface area (Å²) in [5, 5.41) is 8.85. The van der Waals surface area contributed by atoms with Gasteiger partial charge in [-0.15, -0.1) is 0 Å². The predicted octanol–water partition coefficient (Wildman–Crippen LogP) is 2.42. The fourth-order valence-electron chi connectivity index (χ4n) is 1.52. The van der Waals surface area contributed by atoms with Crippen molar-refractivity contribution in [1.29, 1.82) is 0 Å². The van der Waals surface area contributed by atoms with E-state index in [-0.39, 0.29) is 20.8 Å². The molecule has 2 N–H and O–H groups in total. The molecule has 1 aromatic rings. The van der Waals surface area contributed by atoms with Crippen molar-refractivity contribution in [2.45, 2.75) is 11.8 Å². The molecule has 0 aliphatic heterocycles. The van der Waals surface area contributed by atoms with Crippen molar-refractivity contribution in [3.8, 4) is 0 Å². The van der Waals surface area contributed by atoms with E-state index in [0.717, 1.165) is 5.75 Å². The standard InChI is InChI=1S/C12H16BrNO4S2/c1-8(7-19-2)6-14-20(17,18)11-4-3-9(12(15)16)5-10(11)13/h3-5,8,14H,6-7H2,1-2H3,(H,15,16).